The van der Waals surface area contributed by atoms with E-state index in [2.05, 4.69) is 20.2 Å². The molecule has 2 aliphatic heterocycles. The zero-order chi connectivity index (χ0) is 17.8. The summed E-state index contributed by atoms with van der Waals surface area (Å²) in [5.41, 5.74) is 1.13. The SMILES string of the molecule is CC.O=C1NCCc2nc(-c3ccc(N4CCCCC4)nc3F)sc21. The van der Waals surface area contributed by atoms with Crippen LogP contribution in [0.3, 0.4) is 0 Å². The standard InChI is InChI=1S/C16H17FN4OS.C2H6/c17-14-10(4-5-12(20-14)21-8-2-1-3-9-21)16-19-11-6-7-18-15(22)13(11)23-16;1-2/h4-5H,1-3,6-9H2,(H,18,22);1-2H3. The van der Waals surface area contributed by atoms with Gasteiger partial charge in [-0.05, 0) is 31.4 Å². The van der Waals surface area contributed by atoms with Crippen LogP contribution in [-0.4, -0.2) is 35.5 Å². The molecule has 134 valence electrons. The number of thiazole rings is 1. The molecule has 0 aromatic carbocycles. The Morgan fingerprint density at radius 1 is 1.16 bits per heavy atom. The summed E-state index contributed by atoms with van der Waals surface area (Å²) < 4.78 is 14.5. The number of aromatic nitrogens is 2. The van der Waals surface area contributed by atoms with Crippen LogP contribution in [0.1, 0.15) is 48.5 Å². The molecule has 2 aromatic heterocycles. The molecule has 4 heterocycles. The highest BCUT2D eigenvalue weighted by Gasteiger charge is 2.24. The van der Waals surface area contributed by atoms with Gasteiger partial charge in [0.2, 0.25) is 5.95 Å². The second-order valence-electron chi connectivity index (χ2n) is 5.86. The lowest BCUT2D eigenvalue weighted by Gasteiger charge is -2.27. The van der Waals surface area contributed by atoms with E-state index in [0.29, 0.717) is 34.2 Å². The maximum absolute atomic E-state index is 14.5. The molecule has 0 atom stereocenters. The van der Waals surface area contributed by atoms with Crippen LogP contribution in [0.2, 0.25) is 0 Å². The van der Waals surface area contributed by atoms with Gasteiger partial charge >= 0.3 is 0 Å². The lowest BCUT2D eigenvalue weighted by Crippen LogP contribution is -2.30. The second-order valence-corrected chi connectivity index (χ2v) is 6.86. The molecule has 2 aromatic rings. The topological polar surface area (TPSA) is 58.1 Å². The molecule has 0 unspecified atom stereocenters. The number of carbonyl (C=O) groups is 1. The highest BCUT2D eigenvalue weighted by atomic mass is 32.1. The first-order chi connectivity index (χ1) is 12.2. The summed E-state index contributed by atoms with van der Waals surface area (Å²) in [6.45, 7) is 6.44. The zero-order valence-corrected chi connectivity index (χ0v) is 15.5. The summed E-state index contributed by atoms with van der Waals surface area (Å²) in [6.07, 6.45) is 4.17. The van der Waals surface area contributed by atoms with Crippen molar-refractivity contribution in [3.63, 3.8) is 0 Å². The van der Waals surface area contributed by atoms with Gasteiger partial charge < -0.3 is 10.2 Å². The van der Waals surface area contributed by atoms with Crippen molar-refractivity contribution >= 4 is 23.1 Å². The number of halogens is 1. The summed E-state index contributed by atoms with van der Waals surface area (Å²) in [5, 5.41) is 3.32. The van der Waals surface area contributed by atoms with E-state index in [-0.39, 0.29) is 5.91 Å². The number of fused-ring (bicyclic) bond motifs is 1. The van der Waals surface area contributed by atoms with E-state index in [1.54, 1.807) is 6.07 Å². The number of hydrogen-bond acceptors (Lipinski definition) is 5. The van der Waals surface area contributed by atoms with Gasteiger partial charge in [0.25, 0.3) is 5.91 Å². The summed E-state index contributed by atoms with van der Waals surface area (Å²) in [6, 6.07) is 3.58. The van der Waals surface area contributed by atoms with E-state index in [4.69, 9.17) is 0 Å². The number of piperidine rings is 1. The summed E-state index contributed by atoms with van der Waals surface area (Å²) in [5.74, 6) is 0.0536. The Labute approximate surface area is 151 Å². The van der Waals surface area contributed by atoms with Gasteiger partial charge in [0.15, 0.2) is 0 Å². The van der Waals surface area contributed by atoms with Crippen LogP contribution in [0, 0.1) is 5.95 Å². The molecule has 1 amide bonds. The largest absolute Gasteiger partial charge is 0.357 e. The minimum absolute atomic E-state index is 0.117. The quantitative estimate of drug-likeness (QED) is 0.829. The van der Waals surface area contributed by atoms with Crippen molar-refractivity contribution in [1.29, 1.82) is 0 Å². The molecule has 1 fully saturated rings. The van der Waals surface area contributed by atoms with E-state index in [9.17, 15) is 9.18 Å². The molecule has 1 N–H and O–H groups in total. The maximum Gasteiger partial charge on any atom is 0.263 e. The number of amides is 1. The molecule has 0 bridgehead atoms. The molecule has 0 radical (unpaired) electrons. The third-order valence-electron chi connectivity index (χ3n) is 4.30. The Bertz CT molecular complexity index is 756. The van der Waals surface area contributed by atoms with Gasteiger partial charge in [-0.3, -0.25) is 4.79 Å². The Morgan fingerprint density at radius 2 is 1.92 bits per heavy atom. The van der Waals surface area contributed by atoms with E-state index in [1.807, 2.05) is 19.9 Å². The van der Waals surface area contributed by atoms with Crippen molar-refractivity contribution in [2.45, 2.75) is 39.5 Å². The Hall–Kier alpha value is -2.02. The van der Waals surface area contributed by atoms with Gasteiger partial charge in [-0.1, -0.05) is 13.8 Å². The van der Waals surface area contributed by atoms with Gasteiger partial charge in [0.1, 0.15) is 15.7 Å². The van der Waals surface area contributed by atoms with E-state index in [0.717, 1.165) is 31.6 Å². The second kappa shape index (κ2) is 7.91. The van der Waals surface area contributed by atoms with E-state index < -0.39 is 5.95 Å². The van der Waals surface area contributed by atoms with Crippen LogP contribution in [0.4, 0.5) is 10.2 Å². The molecular formula is C18H23FN4OS. The highest BCUT2D eigenvalue weighted by Crippen LogP contribution is 2.32. The average molecular weight is 362 g/mol. The first-order valence-electron chi connectivity index (χ1n) is 8.92. The van der Waals surface area contributed by atoms with Crippen molar-refractivity contribution in [2.75, 3.05) is 24.5 Å². The summed E-state index contributed by atoms with van der Waals surface area (Å²) in [7, 11) is 0. The fourth-order valence-electron chi connectivity index (χ4n) is 3.07. The van der Waals surface area contributed by atoms with E-state index >= 15 is 0 Å². The van der Waals surface area contributed by atoms with Crippen LogP contribution >= 0.6 is 11.3 Å². The smallest absolute Gasteiger partial charge is 0.263 e. The number of anilines is 1. The number of hydrogen-bond donors (Lipinski definition) is 1. The highest BCUT2D eigenvalue weighted by molar-refractivity contribution is 7.17. The first kappa shape index (κ1) is 17.8. The predicted octanol–water partition coefficient (Wildman–Crippen LogP) is 3.65. The molecule has 5 nitrogen and oxygen atoms in total. The number of pyridine rings is 1. The third-order valence-corrected chi connectivity index (χ3v) is 5.43. The first-order valence-corrected chi connectivity index (χ1v) is 9.74. The summed E-state index contributed by atoms with van der Waals surface area (Å²) >= 11 is 1.24. The molecule has 2 aliphatic rings. The minimum Gasteiger partial charge on any atom is -0.357 e. The Morgan fingerprint density at radius 3 is 2.60 bits per heavy atom. The molecule has 7 heteroatoms. The Kier molecular flexibility index (Phi) is 5.63. The fourth-order valence-corrected chi connectivity index (χ4v) is 4.11. The normalized spacial score (nSPS) is 16.6. The summed E-state index contributed by atoms with van der Waals surface area (Å²) in [4.78, 5) is 23.1. The molecule has 0 saturated carbocycles. The van der Waals surface area contributed by atoms with Crippen molar-refractivity contribution in [2.24, 2.45) is 0 Å². The van der Waals surface area contributed by atoms with Gasteiger partial charge in [0, 0.05) is 26.1 Å². The lowest BCUT2D eigenvalue weighted by atomic mass is 10.1. The number of nitrogens with zero attached hydrogens (tertiary/aromatic N) is 3. The van der Waals surface area contributed by atoms with Gasteiger partial charge in [-0.2, -0.15) is 4.39 Å². The van der Waals surface area contributed by atoms with E-state index in [1.165, 1.54) is 17.8 Å². The monoisotopic (exact) mass is 362 g/mol. The zero-order valence-electron chi connectivity index (χ0n) is 14.6. The molecule has 0 spiro atoms. The van der Waals surface area contributed by atoms with Crippen LogP contribution < -0.4 is 10.2 Å². The average Bonchev–Trinajstić information content (AvgIpc) is 3.09. The third kappa shape index (κ3) is 3.66. The van der Waals surface area contributed by atoms with Crippen molar-refractivity contribution in [3.05, 3.63) is 28.7 Å². The van der Waals surface area contributed by atoms with Crippen LogP contribution in [0.15, 0.2) is 12.1 Å². The maximum atomic E-state index is 14.5. The molecule has 25 heavy (non-hydrogen) atoms. The van der Waals surface area contributed by atoms with Crippen molar-refractivity contribution in [1.82, 2.24) is 15.3 Å². The van der Waals surface area contributed by atoms with Gasteiger partial charge in [-0.15, -0.1) is 11.3 Å². The van der Waals surface area contributed by atoms with Crippen LogP contribution in [0.25, 0.3) is 10.6 Å². The minimum atomic E-state index is -0.514. The molecule has 0 aliphatic carbocycles. The molecule has 1 saturated heterocycles. The molecule has 4 rings (SSSR count). The van der Waals surface area contributed by atoms with Gasteiger partial charge in [-0.25, -0.2) is 9.97 Å². The van der Waals surface area contributed by atoms with Crippen molar-refractivity contribution in [3.8, 4) is 10.6 Å². The van der Waals surface area contributed by atoms with Gasteiger partial charge in [0.05, 0.1) is 11.3 Å². The van der Waals surface area contributed by atoms with Crippen LogP contribution in [0.5, 0.6) is 0 Å². The Balaban J connectivity index is 0.000000880. The lowest BCUT2D eigenvalue weighted by molar-refractivity contribution is 0.0950. The number of nitrogens with one attached hydrogen (secondary N) is 1. The molecular weight excluding hydrogens is 339 g/mol. The number of rotatable bonds is 2. The fraction of sp³-hybridized carbons (Fsp3) is 0.500. The van der Waals surface area contributed by atoms with Crippen molar-refractivity contribution < 1.29 is 9.18 Å². The number of carbonyl (C=O) groups excluding carboxylic acids is 1. The van der Waals surface area contributed by atoms with Crippen LogP contribution in [-0.2, 0) is 6.42 Å². The predicted molar refractivity (Wildman–Crippen MR) is 98.8 cm³/mol.